The van der Waals surface area contributed by atoms with Gasteiger partial charge in [0.15, 0.2) is 0 Å². The zero-order valence-corrected chi connectivity index (χ0v) is 19.3. The standard InChI is InChI=1S/C25H25ClN4O4/c26-19-5-3-17(4-6-19)15-28-9-10-29-23-8-7-20(30(32)33)12-18(23)13-22(24(29)16-28)25(31)27-14-21-2-1-11-34-21/h1-8,11-12,22,24H,9-10,13-16H2,(H,27,31)/t22-,24+/m0/s1. The molecule has 3 aromatic rings. The Morgan fingerprint density at radius 3 is 2.74 bits per heavy atom. The van der Waals surface area contributed by atoms with Crippen molar-refractivity contribution in [2.45, 2.75) is 25.6 Å². The van der Waals surface area contributed by atoms with Crippen LogP contribution in [0.2, 0.25) is 5.02 Å². The Morgan fingerprint density at radius 2 is 2.00 bits per heavy atom. The molecule has 0 bridgehead atoms. The van der Waals surface area contributed by atoms with E-state index in [2.05, 4.69) is 15.1 Å². The number of carbonyl (C=O) groups is 1. The molecule has 2 aliphatic heterocycles. The number of rotatable bonds is 6. The number of carbonyl (C=O) groups excluding carboxylic acids is 1. The number of nitrogens with zero attached hydrogens (tertiary/aromatic N) is 3. The third-order valence-corrected chi connectivity index (χ3v) is 6.92. The maximum atomic E-state index is 13.3. The Balaban J connectivity index is 1.39. The minimum atomic E-state index is -0.386. The molecule has 3 heterocycles. The van der Waals surface area contributed by atoms with Crippen molar-refractivity contribution < 1.29 is 14.1 Å². The van der Waals surface area contributed by atoms with E-state index in [0.29, 0.717) is 23.7 Å². The summed E-state index contributed by atoms with van der Waals surface area (Å²) >= 11 is 6.03. The number of benzene rings is 2. The van der Waals surface area contributed by atoms with E-state index in [1.54, 1.807) is 24.5 Å². The Kier molecular flexibility index (Phi) is 6.26. The molecule has 0 unspecified atom stereocenters. The Labute approximate surface area is 202 Å². The summed E-state index contributed by atoms with van der Waals surface area (Å²) in [4.78, 5) is 28.9. The van der Waals surface area contributed by atoms with Gasteiger partial charge >= 0.3 is 0 Å². The highest BCUT2D eigenvalue weighted by Gasteiger charge is 2.42. The third-order valence-electron chi connectivity index (χ3n) is 6.66. The molecule has 176 valence electrons. The van der Waals surface area contributed by atoms with Crippen molar-refractivity contribution in [2.24, 2.45) is 5.92 Å². The van der Waals surface area contributed by atoms with E-state index in [0.717, 1.165) is 37.4 Å². The number of nitrogens with one attached hydrogen (secondary N) is 1. The van der Waals surface area contributed by atoms with E-state index in [9.17, 15) is 14.9 Å². The number of nitro benzene ring substituents is 1. The number of furan rings is 1. The quantitative estimate of drug-likeness (QED) is 0.423. The van der Waals surface area contributed by atoms with Crippen LogP contribution in [0.25, 0.3) is 0 Å². The predicted octanol–water partition coefficient (Wildman–Crippen LogP) is 4.02. The highest BCUT2D eigenvalue weighted by Crippen LogP contribution is 2.38. The highest BCUT2D eigenvalue weighted by molar-refractivity contribution is 6.30. The van der Waals surface area contributed by atoms with Gasteiger partial charge in [-0.3, -0.25) is 19.8 Å². The Bertz CT molecular complexity index is 1180. The van der Waals surface area contributed by atoms with Crippen molar-refractivity contribution in [1.29, 1.82) is 0 Å². The molecule has 0 saturated carbocycles. The summed E-state index contributed by atoms with van der Waals surface area (Å²) in [6.45, 7) is 3.37. The molecule has 5 rings (SSSR count). The number of nitro groups is 1. The average molecular weight is 481 g/mol. The van der Waals surface area contributed by atoms with Gasteiger partial charge < -0.3 is 14.6 Å². The second-order valence-corrected chi connectivity index (χ2v) is 9.24. The highest BCUT2D eigenvalue weighted by atomic mass is 35.5. The molecule has 2 atom stereocenters. The fraction of sp³-hybridized carbons (Fsp3) is 0.320. The number of halogens is 1. The van der Waals surface area contributed by atoms with E-state index in [1.807, 2.05) is 36.4 Å². The topological polar surface area (TPSA) is 91.9 Å². The predicted molar refractivity (Wildman–Crippen MR) is 129 cm³/mol. The molecule has 0 spiro atoms. The first-order chi connectivity index (χ1) is 16.5. The van der Waals surface area contributed by atoms with Crippen molar-refractivity contribution in [3.8, 4) is 0 Å². The van der Waals surface area contributed by atoms with Crippen LogP contribution in [0.5, 0.6) is 0 Å². The van der Waals surface area contributed by atoms with Gasteiger partial charge in [0.1, 0.15) is 5.76 Å². The lowest BCUT2D eigenvalue weighted by Gasteiger charge is -2.49. The van der Waals surface area contributed by atoms with Crippen molar-refractivity contribution in [1.82, 2.24) is 10.2 Å². The lowest BCUT2D eigenvalue weighted by atomic mass is 9.83. The molecule has 0 aliphatic carbocycles. The monoisotopic (exact) mass is 480 g/mol. The molecule has 1 saturated heterocycles. The van der Waals surface area contributed by atoms with Gasteiger partial charge in [0.05, 0.1) is 29.7 Å². The minimum absolute atomic E-state index is 0.0355. The van der Waals surface area contributed by atoms with E-state index < -0.39 is 0 Å². The molecule has 1 amide bonds. The summed E-state index contributed by atoms with van der Waals surface area (Å²) in [5, 5.41) is 15.1. The molecule has 8 nitrogen and oxygen atoms in total. The molecular weight excluding hydrogens is 456 g/mol. The Morgan fingerprint density at radius 1 is 1.18 bits per heavy atom. The first kappa shape index (κ1) is 22.4. The van der Waals surface area contributed by atoms with Crippen molar-refractivity contribution in [3.63, 3.8) is 0 Å². The Hall–Kier alpha value is -3.36. The van der Waals surface area contributed by atoms with Crippen LogP contribution in [0.4, 0.5) is 11.4 Å². The van der Waals surface area contributed by atoms with Gasteiger partial charge in [-0.1, -0.05) is 23.7 Å². The molecule has 2 aromatic carbocycles. The third kappa shape index (κ3) is 4.64. The average Bonchev–Trinajstić information content (AvgIpc) is 3.36. The summed E-state index contributed by atoms with van der Waals surface area (Å²) in [5.74, 6) is 0.277. The van der Waals surface area contributed by atoms with Crippen molar-refractivity contribution in [3.05, 3.63) is 92.9 Å². The lowest BCUT2D eigenvalue weighted by molar-refractivity contribution is -0.384. The second-order valence-electron chi connectivity index (χ2n) is 8.80. The number of fused-ring (bicyclic) bond motifs is 3. The van der Waals surface area contributed by atoms with Crippen LogP contribution >= 0.6 is 11.6 Å². The van der Waals surface area contributed by atoms with E-state index in [4.69, 9.17) is 16.0 Å². The van der Waals surface area contributed by atoms with Gasteiger partial charge in [-0.25, -0.2) is 0 Å². The lowest BCUT2D eigenvalue weighted by Crippen LogP contribution is -2.60. The van der Waals surface area contributed by atoms with Gasteiger partial charge in [-0.05, 0) is 47.9 Å². The van der Waals surface area contributed by atoms with Crippen LogP contribution < -0.4 is 10.2 Å². The van der Waals surface area contributed by atoms with Gasteiger partial charge in [-0.15, -0.1) is 0 Å². The largest absolute Gasteiger partial charge is 0.467 e. The van der Waals surface area contributed by atoms with E-state index >= 15 is 0 Å². The first-order valence-corrected chi connectivity index (χ1v) is 11.7. The summed E-state index contributed by atoms with van der Waals surface area (Å²) < 4.78 is 5.35. The zero-order valence-electron chi connectivity index (χ0n) is 18.5. The van der Waals surface area contributed by atoms with Crippen LogP contribution in [0.3, 0.4) is 0 Å². The fourth-order valence-corrected chi connectivity index (χ4v) is 5.12. The number of anilines is 1. The van der Waals surface area contributed by atoms with Crippen LogP contribution in [0.1, 0.15) is 16.9 Å². The van der Waals surface area contributed by atoms with Crippen LogP contribution in [0.15, 0.2) is 65.3 Å². The van der Waals surface area contributed by atoms with Crippen LogP contribution in [-0.4, -0.2) is 41.4 Å². The molecular formula is C25H25ClN4O4. The molecule has 1 fully saturated rings. The van der Waals surface area contributed by atoms with Gasteiger partial charge in [-0.2, -0.15) is 0 Å². The minimum Gasteiger partial charge on any atom is -0.467 e. The summed E-state index contributed by atoms with van der Waals surface area (Å²) in [6.07, 6.45) is 2.03. The van der Waals surface area contributed by atoms with Crippen LogP contribution in [0, 0.1) is 16.0 Å². The normalized spacial score (nSPS) is 19.9. The fourth-order valence-electron chi connectivity index (χ4n) is 4.99. The number of hydrogen-bond donors (Lipinski definition) is 1. The smallest absolute Gasteiger partial charge is 0.269 e. The SMILES string of the molecule is O=C(NCc1ccco1)[C@H]1Cc2cc([N+](=O)[O-])ccc2N2CCN(Cc3ccc(Cl)cc3)C[C@H]12. The van der Waals surface area contributed by atoms with E-state index in [-0.39, 0.29) is 28.5 Å². The second kappa shape index (κ2) is 9.48. The van der Waals surface area contributed by atoms with Gasteiger partial charge in [0.2, 0.25) is 5.91 Å². The summed E-state index contributed by atoms with van der Waals surface area (Å²) in [5.41, 5.74) is 3.04. The molecule has 34 heavy (non-hydrogen) atoms. The summed E-state index contributed by atoms with van der Waals surface area (Å²) in [7, 11) is 0. The number of hydrogen-bond acceptors (Lipinski definition) is 6. The zero-order chi connectivity index (χ0) is 23.7. The number of amides is 1. The van der Waals surface area contributed by atoms with Gasteiger partial charge in [0.25, 0.3) is 5.69 Å². The van der Waals surface area contributed by atoms with Crippen molar-refractivity contribution >= 4 is 28.9 Å². The first-order valence-electron chi connectivity index (χ1n) is 11.3. The molecule has 9 heteroatoms. The molecule has 2 aliphatic rings. The molecule has 0 radical (unpaired) electrons. The molecule has 1 aromatic heterocycles. The van der Waals surface area contributed by atoms with Gasteiger partial charge in [0, 0.05) is 49.0 Å². The van der Waals surface area contributed by atoms with Crippen LogP contribution in [-0.2, 0) is 24.3 Å². The number of piperazine rings is 1. The maximum Gasteiger partial charge on any atom is 0.269 e. The maximum absolute atomic E-state index is 13.3. The summed E-state index contributed by atoms with van der Waals surface area (Å²) in [6, 6.07) is 16.4. The number of non-ortho nitro benzene ring substituents is 1. The molecule has 1 N–H and O–H groups in total. The van der Waals surface area contributed by atoms with E-state index in [1.165, 1.54) is 5.56 Å². The van der Waals surface area contributed by atoms with Crippen molar-refractivity contribution in [2.75, 3.05) is 24.5 Å².